The van der Waals surface area contributed by atoms with Crippen LogP contribution in [0.25, 0.3) is 0 Å². The van der Waals surface area contributed by atoms with Crippen LogP contribution in [0.4, 0.5) is 0 Å². The first-order valence-electron chi connectivity index (χ1n) is 5.15. The average Bonchev–Trinajstić information content (AvgIpc) is 2.50. The highest BCUT2D eigenvalue weighted by molar-refractivity contribution is 5.78. The second kappa shape index (κ2) is 4.61. The predicted molar refractivity (Wildman–Crippen MR) is 53.2 cm³/mol. The summed E-state index contributed by atoms with van der Waals surface area (Å²) >= 11 is 0. The van der Waals surface area contributed by atoms with E-state index in [-0.39, 0.29) is 11.8 Å². The van der Waals surface area contributed by atoms with Crippen molar-refractivity contribution in [2.24, 2.45) is 17.6 Å². The fourth-order valence-electron chi connectivity index (χ4n) is 1.79. The molecule has 0 aromatic carbocycles. The Balaban J connectivity index is 2.35. The molecule has 0 aromatic heterocycles. The summed E-state index contributed by atoms with van der Waals surface area (Å²) in [6.45, 7) is 4.51. The molecule has 0 saturated heterocycles. The molecule has 76 valence electrons. The summed E-state index contributed by atoms with van der Waals surface area (Å²) in [6, 6.07) is 0.390. The highest BCUT2D eigenvalue weighted by Crippen LogP contribution is 2.24. The van der Waals surface area contributed by atoms with E-state index in [0.29, 0.717) is 18.5 Å². The number of hydrogen-bond acceptors (Lipinski definition) is 2. The normalized spacial score (nSPS) is 30.1. The number of carbonyl (C=O) groups is 1. The van der Waals surface area contributed by atoms with Crippen LogP contribution in [-0.4, -0.2) is 18.5 Å². The second-order valence-electron chi connectivity index (χ2n) is 4.16. The molecule has 0 aliphatic heterocycles. The lowest BCUT2D eigenvalue weighted by Gasteiger charge is -2.19. The van der Waals surface area contributed by atoms with Gasteiger partial charge in [0.1, 0.15) is 0 Å². The van der Waals surface area contributed by atoms with E-state index in [0.717, 1.165) is 6.42 Å². The van der Waals surface area contributed by atoms with Crippen molar-refractivity contribution in [2.45, 2.75) is 39.2 Å². The molecule has 1 amide bonds. The van der Waals surface area contributed by atoms with Crippen molar-refractivity contribution in [1.29, 1.82) is 0 Å². The molecule has 13 heavy (non-hydrogen) atoms. The van der Waals surface area contributed by atoms with E-state index in [4.69, 9.17) is 5.73 Å². The van der Waals surface area contributed by atoms with E-state index in [1.807, 2.05) is 6.92 Å². The molecule has 3 heteroatoms. The van der Waals surface area contributed by atoms with Gasteiger partial charge in [0.15, 0.2) is 0 Å². The van der Waals surface area contributed by atoms with Gasteiger partial charge in [0.05, 0.1) is 0 Å². The minimum atomic E-state index is -0.0483. The Kier molecular flexibility index (Phi) is 3.72. The maximum atomic E-state index is 11.5. The molecule has 3 N–H and O–H groups in total. The van der Waals surface area contributed by atoms with E-state index in [1.165, 1.54) is 12.8 Å². The van der Waals surface area contributed by atoms with Gasteiger partial charge in [0, 0.05) is 18.5 Å². The Morgan fingerprint density at radius 3 is 2.77 bits per heavy atom. The Morgan fingerprint density at radius 2 is 2.31 bits per heavy atom. The molecule has 1 aliphatic carbocycles. The average molecular weight is 184 g/mol. The smallest absolute Gasteiger partial charge is 0.224 e. The summed E-state index contributed by atoms with van der Waals surface area (Å²) in [6.07, 6.45) is 3.61. The monoisotopic (exact) mass is 184 g/mol. The van der Waals surface area contributed by atoms with Crippen LogP contribution >= 0.6 is 0 Å². The molecular formula is C10H20N2O. The first kappa shape index (κ1) is 10.5. The number of nitrogens with two attached hydrogens (primary N) is 1. The summed E-state index contributed by atoms with van der Waals surface area (Å²) in [5, 5.41) is 3.06. The summed E-state index contributed by atoms with van der Waals surface area (Å²) in [5.41, 5.74) is 5.42. The first-order valence-corrected chi connectivity index (χ1v) is 5.15. The lowest BCUT2D eigenvalue weighted by atomic mass is 10.1. The van der Waals surface area contributed by atoms with E-state index in [1.54, 1.807) is 0 Å². The van der Waals surface area contributed by atoms with Crippen LogP contribution in [-0.2, 0) is 4.79 Å². The molecule has 3 atom stereocenters. The number of hydrogen-bond donors (Lipinski definition) is 2. The minimum absolute atomic E-state index is 0.0483. The van der Waals surface area contributed by atoms with Crippen molar-refractivity contribution in [3.05, 3.63) is 0 Å². The van der Waals surface area contributed by atoms with E-state index in [9.17, 15) is 4.79 Å². The van der Waals surface area contributed by atoms with Crippen LogP contribution < -0.4 is 11.1 Å². The lowest BCUT2D eigenvalue weighted by Crippen LogP contribution is -2.41. The molecule has 0 aromatic rings. The molecule has 1 saturated carbocycles. The van der Waals surface area contributed by atoms with Crippen LogP contribution in [0.5, 0.6) is 0 Å². The van der Waals surface area contributed by atoms with Crippen LogP contribution in [0, 0.1) is 11.8 Å². The van der Waals surface area contributed by atoms with Gasteiger partial charge >= 0.3 is 0 Å². The second-order valence-corrected chi connectivity index (χ2v) is 4.16. The Morgan fingerprint density at radius 1 is 1.62 bits per heavy atom. The largest absolute Gasteiger partial charge is 0.353 e. The first-order chi connectivity index (χ1) is 6.15. The molecule has 0 spiro atoms. The quantitative estimate of drug-likeness (QED) is 0.684. The Bertz CT molecular complexity index is 182. The predicted octanol–water partition coefficient (Wildman–Crippen LogP) is 0.886. The van der Waals surface area contributed by atoms with E-state index >= 15 is 0 Å². The molecule has 1 aliphatic rings. The molecule has 0 heterocycles. The number of carbonyl (C=O) groups excluding carboxylic acids is 1. The molecule has 1 fully saturated rings. The lowest BCUT2D eigenvalue weighted by molar-refractivity contribution is -0.125. The van der Waals surface area contributed by atoms with Gasteiger partial charge in [0.2, 0.25) is 5.91 Å². The van der Waals surface area contributed by atoms with Gasteiger partial charge in [0.25, 0.3) is 0 Å². The van der Waals surface area contributed by atoms with Crippen molar-refractivity contribution < 1.29 is 4.79 Å². The minimum Gasteiger partial charge on any atom is -0.353 e. The summed E-state index contributed by atoms with van der Waals surface area (Å²) in [7, 11) is 0. The molecule has 0 bridgehead atoms. The van der Waals surface area contributed by atoms with Crippen molar-refractivity contribution >= 4 is 5.91 Å². The zero-order chi connectivity index (χ0) is 9.84. The molecule has 0 radical (unpaired) electrons. The summed E-state index contributed by atoms with van der Waals surface area (Å²) < 4.78 is 0. The van der Waals surface area contributed by atoms with E-state index < -0.39 is 0 Å². The topological polar surface area (TPSA) is 55.1 Å². The number of rotatable bonds is 3. The highest BCUT2D eigenvalue weighted by atomic mass is 16.1. The van der Waals surface area contributed by atoms with Gasteiger partial charge in [-0.25, -0.2) is 0 Å². The van der Waals surface area contributed by atoms with Gasteiger partial charge < -0.3 is 11.1 Å². The Hall–Kier alpha value is -0.570. The zero-order valence-corrected chi connectivity index (χ0v) is 8.55. The number of amides is 1. The SMILES string of the molecule is CC(CN)C(=O)NC1CCCC1C. The third-order valence-corrected chi connectivity index (χ3v) is 2.99. The van der Waals surface area contributed by atoms with Gasteiger partial charge in [-0.1, -0.05) is 20.3 Å². The fraction of sp³-hybridized carbons (Fsp3) is 0.900. The highest BCUT2D eigenvalue weighted by Gasteiger charge is 2.25. The van der Waals surface area contributed by atoms with Gasteiger partial charge in [-0.15, -0.1) is 0 Å². The van der Waals surface area contributed by atoms with Crippen molar-refractivity contribution in [1.82, 2.24) is 5.32 Å². The van der Waals surface area contributed by atoms with Crippen LogP contribution in [0.2, 0.25) is 0 Å². The molecule has 3 unspecified atom stereocenters. The molecule has 3 nitrogen and oxygen atoms in total. The van der Waals surface area contributed by atoms with Gasteiger partial charge in [-0.3, -0.25) is 4.79 Å². The maximum Gasteiger partial charge on any atom is 0.224 e. The van der Waals surface area contributed by atoms with Crippen molar-refractivity contribution in [3.8, 4) is 0 Å². The summed E-state index contributed by atoms with van der Waals surface area (Å²) in [5.74, 6) is 0.697. The molecular weight excluding hydrogens is 164 g/mol. The van der Waals surface area contributed by atoms with E-state index in [2.05, 4.69) is 12.2 Å². The number of nitrogens with one attached hydrogen (secondary N) is 1. The van der Waals surface area contributed by atoms with Gasteiger partial charge in [-0.05, 0) is 18.8 Å². The maximum absolute atomic E-state index is 11.5. The standard InChI is InChI=1S/C10H20N2O/c1-7-4-3-5-9(7)12-10(13)8(2)6-11/h7-9H,3-6,11H2,1-2H3,(H,12,13). The van der Waals surface area contributed by atoms with Gasteiger partial charge in [-0.2, -0.15) is 0 Å². The van der Waals surface area contributed by atoms with Crippen LogP contribution in [0.3, 0.4) is 0 Å². The summed E-state index contributed by atoms with van der Waals surface area (Å²) in [4.78, 5) is 11.5. The fourth-order valence-corrected chi connectivity index (χ4v) is 1.79. The van der Waals surface area contributed by atoms with Crippen molar-refractivity contribution in [2.75, 3.05) is 6.54 Å². The van der Waals surface area contributed by atoms with Crippen LogP contribution in [0.15, 0.2) is 0 Å². The Labute approximate surface area is 80.1 Å². The molecule has 1 rings (SSSR count). The zero-order valence-electron chi connectivity index (χ0n) is 8.55. The van der Waals surface area contributed by atoms with Crippen molar-refractivity contribution in [3.63, 3.8) is 0 Å². The third-order valence-electron chi connectivity index (χ3n) is 2.99. The van der Waals surface area contributed by atoms with Crippen LogP contribution in [0.1, 0.15) is 33.1 Å². The third kappa shape index (κ3) is 2.69.